The van der Waals surface area contributed by atoms with E-state index in [0.29, 0.717) is 13.1 Å². The maximum atomic E-state index is 13.1. The third-order valence-electron chi connectivity index (χ3n) is 5.35. The van der Waals surface area contributed by atoms with Gasteiger partial charge in [0, 0.05) is 50.5 Å². The van der Waals surface area contributed by atoms with Crippen molar-refractivity contribution in [2.75, 3.05) is 50.7 Å². The van der Waals surface area contributed by atoms with Crippen LogP contribution in [0.15, 0.2) is 53.4 Å². The summed E-state index contributed by atoms with van der Waals surface area (Å²) >= 11 is 0. The van der Waals surface area contributed by atoms with Gasteiger partial charge in [0.05, 0.1) is 11.4 Å². The van der Waals surface area contributed by atoms with Gasteiger partial charge in [0.15, 0.2) is 5.78 Å². The number of carbonyl (C=O) groups is 1. The van der Waals surface area contributed by atoms with Crippen LogP contribution in [-0.4, -0.2) is 69.2 Å². The molecule has 1 fully saturated rings. The number of halogens is 1. The molecule has 1 saturated heterocycles. The van der Waals surface area contributed by atoms with Gasteiger partial charge in [0.1, 0.15) is 5.82 Å². The second-order valence-electron chi connectivity index (χ2n) is 7.06. The lowest BCUT2D eigenvalue weighted by Gasteiger charge is -2.37. The second kappa shape index (κ2) is 7.62. The molecule has 0 unspecified atom stereocenters. The van der Waals surface area contributed by atoms with Gasteiger partial charge in [0.25, 0.3) is 0 Å². The molecule has 0 bridgehead atoms. The van der Waals surface area contributed by atoms with E-state index in [1.165, 1.54) is 22.5 Å². The maximum Gasteiger partial charge on any atom is 0.244 e. The zero-order valence-electron chi connectivity index (χ0n) is 15.4. The summed E-state index contributed by atoms with van der Waals surface area (Å²) in [5.41, 5.74) is 1.27. The number of nitrogens with zero attached hydrogens (tertiary/aromatic N) is 3. The van der Waals surface area contributed by atoms with Crippen LogP contribution >= 0.6 is 0 Å². The third kappa shape index (κ3) is 3.67. The van der Waals surface area contributed by atoms with Crippen molar-refractivity contribution in [1.82, 2.24) is 9.21 Å². The van der Waals surface area contributed by atoms with Gasteiger partial charge in [-0.25, -0.2) is 12.8 Å². The summed E-state index contributed by atoms with van der Waals surface area (Å²) in [6, 6.07) is 12.8. The summed E-state index contributed by atoms with van der Waals surface area (Å²) in [7, 11) is -3.63. The fourth-order valence-corrected chi connectivity index (χ4v) is 5.32. The number of Topliss-reactive ketones (excluding diaryl/α,β-unsaturated/α-hetero) is 1. The Morgan fingerprint density at radius 2 is 1.57 bits per heavy atom. The molecule has 28 heavy (non-hydrogen) atoms. The van der Waals surface area contributed by atoms with Crippen LogP contribution in [0, 0.1) is 5.82 Å². The SMILES string of the molecule is O=C1CN(CCN2CCN(c3ccc(F)cc3)CC2)S(=O)(=O)c2ccccc21. The van der Waals surface area contributed by atoms with Crippen LogP contribution in [0.25, 0.3) is 0 Å². The van der Waals surface area contributed by atoms with Crippen LogP contribution in [0.5, 0.6) is 0 Å². The summed E-state index contributed by atoms with van der Waals surface area (Å²) in [4.78, 5) is 16.8. The predicted molar refractivity (Wildman–Crippen MR) is 105 cm³/mol. The van der Waals surface area contributed by atoms with E-state index in [0.717, 1.165) is 31.9 Å². The fraction of sp³-hybridized carbons (Fsp3) is 0.350. The molecule has 0 spiro atoms. The quantitative estimate of drug-likeness (QED) is 0.780. The van der Waals surface area contributed by atoms with E-state index in [1.807, 2.05) is 0 Å². The number of carbonyl (C=O) groups excluding carboxylic acids is 1. The Hall–Kier alpha value is -2.29. The van der Waals surface area contributed by atoms with E-state index in [4.69, 9.17) is 0 Å². The lowest BCUT2D eigenvalue weighted by molar-refractivity contribution is 0.0951. The number of piperazine rings is 1. The molecule has 2 aliphatic heterocycles. The minimum atomic E-state index is -3.63. The molecule has 0 radical (unpaired) electrons. The molecule has 2 aliphatic rings. The Kier molecular flexibility index (Phi) is 5.18. The normalized spacial score (nSPS) is 20.2. The van der Waals surface area contributed by atoms with Crippen LogP contribution in [0.1, 0.15) is 10.4 Å². The first-order valence-corrected chi connectivity index (χ1v) is 10.7. The molecule has 8 heteroatoms. The van der Waals surface area contributed by atoms with Gasteiger partial charge in [-0.15, -0.1) is 0 Å². The molecule has 2 aromatic carbocycles. The average Bonchev–Trinajstić information content (AvgIpc) is 2.71. The molecule has 0 N–H and O–H groups in total. The van der Waals surface area contributed by atoms with Crippen molar-refractivity contribution in [3.63, 3.8) is 0 Å². The van der Waals surface area contributed by atoms with E-state index >= 15 is 0 Å². The van der Waals surface area contributed by atoms with Crippen molar-refractivity contribution in [1.29, 1.82) is 0 Å². The smallest absolute Gasteiger partial charge is 0.244 e. The maximum absolute atomic E-state index is 13.1. The average molecular weight is 403 g/mol. The largest absolute Gasteiger partial charge is 0.369 e. The van der Waals surface area contributed by atoms with Crippen LogP contribution in [0.4, 0.5) is 10.1 Å². The van der Waals surface area contributed by atoms with E-state index in [2.05, 4.69) is 9.80 Å². The highest BCUT2D eigenvalue weighted by atomic mass is 32.2. The van der Waals surface area contributed by atoms with E-state index in [-0.39, 0.29) is 28.6 Å². The highest BCUT2D eigenvalue weighted by Gasteiger charge is 2.35. The van der Waals surface area contributed by atoms with Gasteiger partial charge in [-0.2, -0.15) is 4.31 Å². The number of hydrogen-bond donors (Lipinski definition) is 0. The summed E-state index contributed by atoms with van der Waals surface area (Å²) in [6.07, 6.45) is 0. The number of hydrogen-bond acceptors (Lipinski definition) is 5. The summed E-state index contributed by atoms with van der Waals surface area (Å²) < 4.78 is 40.0. The van der Waals surface area contributed by atoms with Crippen LogP contribution in [-0.2, 0) is 10.0 Å². The Balaban J connectivity index is 1.36. The molecular weight excluding hydrogens is 381 g/mol. The molecule has 2 heterocycles. The van der Waals surface area contributed by atoms with Crippen molar-refractivity contribution >= 4 is 21.5 Å². The number of anilines is 1. The van der Waals surface area contributed by atoms with Crippen molar-refractivity contribution in [2.45, 2.75) is 4.90 Å². The monoisotopic (exact) mass is 403 g/mol. The van der Waals surface area contributed by atoms with Crippen LogP contribution < -0.4 is 4.90 Å². The Bertz CT molecular complexity index is 970. The van der Waals surface area contributed by atoms with E-state index in [1.54, 1.807) is 30.3 Å². The van der Waals surface area contributed by atoms with E-state index in [9.17, 15) is 17.6 Å². The molecule has 0 aliphatic carbocycles. The first-order chi connectivity index (χ1) is 13.4. The Labute approximate surface area is 164 Å². The molecular formula is C20H22FN3O3S. The molecule has 0 saturated carbocycles. The van der Waals surface area contributed by atoms with Crippen molar-refractivity contribution in [2.24, 2.45) is 0 Å². The van der Waals surface area contributed by atoms with Crippen LogP contribution in [0.2, 0.25) is 0 Å². The first kappa shape index (κ1) is 19.0. The second-order valence-corrected chi connectivity index (χ2v) is 8.97. The number of ketones is 1. The van der Waals surface area contributed by atoms with Gasteiger partial charge in [0.2, 0.25) is 10.0 Å². The molecule has 0 atom stereocenters. The highest BCUT2D eigenvalue weighted by Crippen LogP contribution is 2.26. The topological polar surface area (TPSA) is 60.9 Å². The summed E-state index contributed by atoms with van der Waals surface area (Å²) in [5, 5.41) is 0. The summed E-state index contributed by atoms with van der Waals surface area (Å²) in [5.74, 6) is -0.409. The van der Waals surface area contributed by atoms with Crippen molar-refractivity contribution in [3.05, 3.63) is 59.9 Å². The number of rotatable bonds is 4. The van der Waals surface area contributed by atoms with Gasteiger partial charge in [-0.05, 0) is 36.4 Å². The number of fused-ring (bicyclic) bond motifs is 1. The van der Waals surface area contributed by atoms with Gasteiger partial charge in [-0.1, -0.05) is 12.1 Å². The highest BCUT2D eigenvalue weighted by molar-refractivity contribution is 7.89. The molecule has 148 valence electrons. The summed E-state index contributed by atoms with van der Waals surface area (Å²) in [6.45, 7) is 3.92. The Morgan fingerprint density at radius 3 is 2.29 bits per heavy atom. The first-order valence-electron chi connectivity index (χ1n) is 9.30. The molecule has 4 rings (SSSR count). The zero-order valence-corrected chi connectivity index (χ0v) is 16.2. The number of benzene rings is 2. The van der Waals surface area contributed by atoms with Crippen LogP contribution in [0.3, 0.4) is 0 Å². The lowest BCUT2D eigenvalue weighted by Crippen LogP contribution is -2.50. The van der Waals surface area contributed by atoms with Gasteiger partial charge >= 0.3 is 0 Å². The van der Waals surface area contributed by atoms with E-state index < -0.39 is 10.0 Å². The molecule has 0 amide bonds. The molecule has 2 aromatic rings. The van der Waals surface area contributed by atoms with Crippen molar-refractivity contribution in [3.8, 4) is 0 Å². The third-order valence-corrected chi connectivity index (χ3v) is 7.26. The van der Waals surface area contributed by atoms with Gasteiger partial charge < -0.3 is 4.90 Å². The van der Waals surface area contributed by atoms with Gasteiger partial charge in [-0.3, -0.25) is 9.69 Å². The minimum absolute atomic E-state index is 0.102. The predicted octanol–water partition coefficient (Wildman–Crippen LogP) is 1.83. The van der Waals surface area contributed by atoms with Crippen molar-refractivity contribution < 1.29 is 17.6 Å². The molecule has 6 nitrogen and oxygen atoms in total. The zero-order chi connectivity index (χ0) is 19.7. The standard InChI is InChI=1S/C20H22FN3O3S/c21-16-5-7-17(8-6-16)23-12-9-22(10-13-23)11-14-24-15-19(25)18-3-1-2-4-20(18)28(24,26)27/h1-8H,9-15H2. The Morgan fingerprint density at radius 1 is 0.893 bits per heavy atom. The number of sulfonamides is 1. The minimum Gasteiger partial charge on any atom is -0.369 e. The lowest BCUT2D eigenvalue weighted by atomic mass is 10.1. The fourth-order valence-electron chi connectivity index (χ4n) is 3.73. The molecule has 0 aromatic heterocycles.